The summed E-state index contributed by atoms with van der Waals surface area (Å²) in [7, 11) is 1.87. The summed E-state index contributed by atoms with van der Waals surface area (Å²) >= 11 is 9.27. The van der Waals surface area contributed by atoms with Crippen molar-refractivity contribution in [3.63, 3.8) is 0 Å². The van der Waals surface area contributed by atoms with E-state index in [1.165, 1.54) is 11.3 Å². The molecule has 1 amide bonds. The van der Waals surface area contributed by atoms with Gasteiger partial charge < -0.3 is 9.80 Å². The van der Waals surface area contributed by atoms with Gasteiger partial charge in [-0.25, -0.2) is 4.98 Å². The van der Waals surface area contributed by atoms with Crippen molar-refractivity contribution in [2.75, 3.05) is 12.8 Å². The third-order valence-corrected chi connectivity index (χ3v) is 6.67. The average molecular weight is 364 g/mol. The van der Waals surface area contributed by atoms with Gasteiger partial charge in [0.05, 0.1) is 11.6 Å². The molecule has 0 aliphatic carbocycles. The standard InChI is InChI=1S/C16H14ClN3OS2/c1-19-14(21)11(10-5-3-2-4-6-10)8-20-12(9-22-16(19)20)13-7-18-15(17)23-13/h2-8,12,16H,9H2,1H3/t12-,16?/m0/s1. The molecule has 0 bridgehead atoms. The summed E-state index contributed by atoms with van der Waals surface area (Å²) in [5, 5.41) is 0. The summed E-state index contributed by atoms with van der Waals surface area (Å²) in [5.41, 5.74) is 1.70. The molecule has 2 aliphatic rings. The molecule has 23 heavy (non-hydrogen) atoms. The summed E-state index contributed by atoms with van der Waals surface area (Å²) in [6.07, 6.45) is 3.84. The average Bonchev–Trinajstić information content (AvgIpc) is 3.17. The van der Waals surface area contributed by atoms with Gasteiger partial charge >= 0.3 is 0 Å². The first-order valence-corrected chi connectivity index (χ1v) is 9.44. The smallest absolute Gasteiger partial charge is 0.257 e. The quantitative estimate of drug-likeness (QED) is 0.815. The predicted molar refractivity (Wildman–Crippen MR) is 95.1 cm³/mol. The summed E-state index contributed by atoms with van der Waals surface area (Å²) in [4.78, 5) is 22.1. The van der Waals surface area contributed by atoms with Crippen LogP contribution in [0.5, 0.6) is 0 Å². The maximum absolute atomic E-state index is 12.7. The maximum Gasteiger partial charge on any atom is 0.257 e. The molecule has 0 radical (unpaired) electrons. The summed E-state index contributed by atoms with van der Waals surface area (Å²) in [5.74, 6) is 0.979. The van der Waals surface area contributed by atoms with Gasteiger partial charge in [0.15, 0.2) is 9.96 Å². The van der Waals surface area contributed by atoms with Crippen molar-refractivity contribution in [2.24, 2.45) is 0 Å². The normalized spacial score (nSPS) is 23.9. The lowest BCUT2D eigenvalue weighted by molar-refractivity contribution is -0.127. The first-order chi connectivity index (χ1) is 11.1. The van der Waals surface area contributed by atoms with Crippen LogP contribution in [0.4, 0.5) is 0 Å². The summed E-state index contributed by atoms with van der Waals surface area (Å²) in [6, 6.07) is 10.0. The molecule has 1 aromatic heterocycles. The molecule has 1 unspecified atom stereocenters. The Morgan fingerprint density at radius 3 is 2.78 bits per heavy atom. The molecule has 2 aliphatic heterocycles. The lowest BCUT2D eigenvalue weighted by Gasteiger charge is -2.38. The fraction of sp³-hybridized carbons (Fsp3) is 0.250. The lowest BCUT2D eigenvalue weighted by atomic mass is 10.0. The molecule has 0 saturated carbocycles. The first-order valence-electron chi connectivity index (χ1n) is 7.20. The molecule has 0 N–H and O–H groups in total. The van der Waals surface area contributed by atoms with Gasteiger partial charge in [-0.1, -0.05) is 41.9 Å². The van der Waals surface area contributed by atoms with Gasteiger partial charge in [-0.05, 0) is 5.56 Å². The minimum Gasteiger partial charge on any atom is -0.339 e. The summed E-state index contributed by atoms with van der Waals surface area (Å²) < 4.78 is 0.558. The van der Waals surface area contributed by atoms with Gasteiger partial charge in [-0.3, -0.25) is 4.79 Å². The fourth-order valence-electron chi connectivity index (χ4n) is 2.93. The number of amides is 1. The van der Waals surface area contributed by atoms with E-state index in [-0.39, 0.29) is 17.4 Å². The van der Waals surface area contributed by atoms with Crippen LogP contribution < -0.4 is 0 Å². The van der Waals surface area contributed by atoms with Crippen LogP contribution in [0.15, 0.2) is 42.7 Å². The number of nitrogens with zero attached hydrogens (tertiary/aromatic N) is 3. The Balaban J connectivity index is 1.75. The zero-order valence-electron chi connectivity index (χ0n) is 12.3. The minimum absolute atomic E-state index is 0.0286. The summed E-state index contributed by atoms with van der Waals surface area (Å²) in [6.45, 7) is 0. The van der Waals surface area contributed by atoms with Gasteiger partial charge in [-0.15, -0.1) is 23.1 Å². The predicted octanol–water partition coefficient (Wildman–Crippen LogP) is 3.68. The molecule has 4 nitrogen and oxygen atoms in total. The molecule has 1 aromatic carbocycles. The van der Waals surface area contributed by atoms with Crippen molar-refractivity contribution in [1.82, 2.24) is 14.8 Å². The van der Waals surface area contributed by atoms with Crippen molar-refractivity contribution in [3.8, 4) is 0 Å². The number of thioether (sulfide) groups is 1. The van der Waals surface area contributed by atoms with Gasteiger partial charge in [-0.2, -0.15) is 0 Å². The molecule has 0 spiro atoms. The van der Waals surface area contributed by atoms with Gasteiger partial charge in [0.2, 0.25) is 0 Å². The van der Waals surface area contributed by atoms with Crippen LogP contribution in [0.3, 0.4) is 0 Å². The third kappa shape index (κ3) is 2.55. The van der Waals surface area contributed by atoms with Crippen molar-refractivity contribution < 1.29 is 4.79 Å². The fourth-order valence-corrected chi connectivity index (χ4v) is 5.50. The van der Waals surface area contributed by atoms with Crippen LogP contribution in [0.1, 0.15) is 16.5 Å². The molecule has 2 atom stereocenters. The molecule has 2 aromatic rings. The lowest BCUT2D eigenvalue weighted by Crippen LogP contribution is -2.46. The van der Waals surface area contributed by atoms with Crippen molar-refractivity contribution in [2.45, 2.75) is 11.5 Å². The monoisotopic (exact) mass is 363 g/mol. The number of carbonyl (C=O) groups is 1. The topological polar surface area (TPSA) is 36.4 Å². The molecule has 7 heteroatoms. The number of thiazole rings is 1. The number of benzene rings is 1. The molecule has 4 rings (SSSR count). The molecular formula is C16H14ClN3OS2. The van der Waals surface area contributed by atoms with E-state index >= 15 is 0 Å². The van der Waals surface area contributed by atoms with Crippen molar-refractivity contribution in [3.05, 3.63) is 57.6 Å². The van der Waals surface area contributed by atoms with Crippen LogP contribution in [0, 0.1) is 0 Å². The molecule has 1 saturated heterocycles. The Morgan fingerprint density at radius 1 is 1.30 bits per heavy atom. The SMILES string of the molecule is CN1C(=O)C(c2ccccc2)=CN2C1SC[C@H]2c1cnc(Cl)s1. The number of halogens is 1. The highest BCUT2D eigenvalue weighted by molar-refractivity contribution is 8.00. The van der Waals surface area contributed by atoms with Crippen LogP contribution in [-0.4, -0.2) is 39.0 Å². The number of aromatic nitrogens is 1. The van der Waals surface area contributed by atoms with Crippen molar-refractivity contribution >= 4 is 46.2 Å². The minimum atomic E-state index is 0.0286. The Kier molecular flexibility index (Phi) is 3.83. The molecule has 118 valence electrons. The Hall–Kier alpha value is -1.50. The molecule has 1 fully saturated rings. The highest BCUT2D eigenvalue weighted by Gasteiger charge is 2.42. The third-order valence-electron chi connectivity index (χ3n) is 4.09. The second kappa shape index (κ2) is 5.85. The molecular weight excluding hydrogens is 350 g/mol. The van der Waals surface area contributed by atoms with E-state index in [1.54, 1.807) is 11.8 Å². The second-order valence-corrected chi connectivity index (χ2v) is 8.20. The number of hydrogen-bond donors (Lipinski definition) is 0. The Labute approximate surface area is 147 Å². The maximum atomic E-state index is 12.7. The zero-order valence-corrected chi connectivity index (χ0v) is 14.7. The Bertz CT molecular complexity index is 777. The van der Waals surface area contributed by atoms with E-state index < -0.39 is 0 Å². The van der Waals surface area contributed by atoms with Gasteiger partial charge in [0.25, 0.3) is 5.91 Å². The Morgan fingerprint density at radius 2 is 2.09 bits per heavy atom. The van der Waals surface area contributed by atoms with E-state index in [0.717, 1.165) is 21.8 Å². The van der Waals surface area contributed by atoms with E-state index in [9.17, 15) is 4.79 Å². The number of hydrogen-bond acceptors (Lipinski definition) is 5. The second-order valence-electron chi connectivity index (χ2n) is 5.46. The van der Waals surface area contributed by atoms with E-state index in [4.69, 9.17) is 11.6 Å². The number of rotatable bonds is 2. The van der Waals surface area contributed by atoms with E-state index in [1.807, 2.05) is 54.7 Å². The van der Waals surface area contributed by atoms with Gasteiger partial charge in [0, 0.05) is 30.1 Å². The van der Waals surface area contributed by atoms with E-state index in [2.05, 4.69) is 9.88 Å². The van der Waals surface area contributed by atoms with Crippen LogP contribution in [0.2, 0.25) is 4.47 Å². The number of likely N-dealkylation sites (N-methyl/N-ethyl adjacent to an activating group) is 1. The van der Waals surface area contributed by atoms with Gasteiger partial charge in [0.1, 0.15) is 0 Å². The van der Waals surface area contributed by atoms with Crippen LogP contribution in [-0.2, 0) is 4.79 Å². The number of fused-ring (bicyclic) bond motifs is 1. The van der Waals surface area contributed by atoms with Crippen LogP contribution in [0.25, 0.3) is 5.57 Å². The highest BCUT2D eigenvalue weighted by atomic mass is 35.5. The zero-order chi connectivity index (χ0) is 16.0. The van der Waals surface area contributed by atoms with E-state index in [0.29, 0.717) is 4.47 Å². The molecule has 3 heterocycles. The highest BCUT2D eigenvalue weighted by Crippen LogP contribution is 2.45. The van der Waals surface area contributed by atoms with Crippen molar-refractivity contribution in [1.29, 1.82) is 0 Å². The van der Waals surface area contributed by atoms with Crippen LogP contribution >= 0.6 is 34.7 Å². The number of carbonyl (C=O) groups excluding carboxylic acids is 1. The largest absolute Gasteiger partial charge is 0.339 e. The first kappa shape index (κ1) is 15.1.